The highest BCUT2D eigenvalue weighted by atomic mass is 35.5. The molecule has 0 atom stereocenters. The Kier molecular flexibility index (Phi) is 4.79. The van der Waals surface area contributed by atoms with Crippen molar-refractivity contribution in [2.24, 2.45) is 0 Å². The van der Waals surface area contributed by atoms with Crippen molar-refractivity contribution in [2.45, 2.75) is 0 Å². The van der Waals surface area contributed by atoms with Gasteiger partial charge in [0.15, 0.2) is 0 Å². The van der Waals surface area contributed by atoms with E-state index in [0.29, 0.717) is 27.1 Å². The number of benzene rings is 1. The van der Waals surface area contributed by atoms with Crippen molar-refractivity contribution < 1.29 is 9.34 Å². The summed E-state index contributed by atoms with van der Waals surface area (Å²) in [6, 6.07) is 8.14. The molecule has 2 heterocycles. The Hall–Kier alpha value is -3.10. The molecule has 0 aliphatic rings. The molecule has 10 heteroatoms. The third-order valence-electron chi connectivity index (χ3n) is 3.36. The Morgan fingerprint density at radius 1 is 1.08 bits per heavy atom. The number of H-pyrrole nitrogens is 2. The SMILES string of the molecule is O=c1[nH]c(/C=C/c2ccc(-c3cc(Cl)ccc3Cl)o2)c([N+](=O)[O-])c(=O)[nH]1. The lowest BCUT2D eigenvalue weighted by atomic mass is 10.2. The van der Waals surface area contributed by atoms with Crippen molar-refractivity contribution in [3.8, 4) is 11.3 Å². The zero-order valence-corrected chi connectivity index (χ0v) is 14.3. The van der Waals surface area contributed by atoms with Gasteiger partial charge in [-0.1, -0.05) is 23.2 Å². The average Bonchev–Trinajstić information content (AvgIpc) is 3.03. The first-order chi connectivity index (χ1) is 12.3. The van der Waals surface area contributed by atoms with Gasteiger partial charge >= 0.3 is 16.9 Å². The summed E-state index contributed by atoms with van der Waals surface area (Å²) in [7, 11) is 0. The maximum Gasteiger partial charge on any atom is 0.357 e. The Morgan fingerprint density at radius 2 is 1.85 bits per heavy atom. The fourth-order valence-electron chi connectivity index (χ4n) is 2.24. The normalized spacial score (nSPS) is 11.2. The first-order valence-electron chi connectivity index (χ1n) is 7.09. The molecular weight excluding hydrogens is 385 g/mol. The van der Waals surface area contributed by atoms with Crippen molar-refractivity contribution in [3.63, 3.8) is 0 Å². The molecule has 0 spiro atoms. The third-order valence-corrected chi connectivity index (χ3v) is 3.93. The Morgan fingerprint density at radius 3 is 2.58 bits per heavy atom. The van der Waals surface area contributed by atoms with Crippen LogP contribution in [0.1, 0.15) is 11.5 Å². The first kappa shape index (κ1) is 17.7. The molecule has 26 heavy (non-hydrogen) atoms. The molecule has 2 aromatic heterocycles. The molecule has 0 aliphatic carbocycles. The quantitative estimate of drug-likeness (QED) is 0.516. The summed E-state index contributed by atoms with van der Waals surface area (Å²) in [4.78, 5) is 37.0. The minimum Gasteiger partial charge on any atom is -0.457 e. The molecule has 8 nitrogen and oxygen atoms in total. The number of nitro groups is 1. The van der Waals surface area contributed by atoms with E-state index >= 15 is 0 Å². The van der Waals surface area contributed by atoms with E-state index in [-0.39, 0.29) is 5.69 Å². The minimum absolute atomic E-state index is 0.248. The van der Waals surface area contributed by atoms with Crippen LogP contribution in [0, 0.1) is 10.1 Å². The zero-order chi connectivity index (χ0) is 18.8. The monoisotopic (exact) mass is 393 g/mol. The van der Waals surface area contributed by atoms with Crippen LogP contribution in [0.3, 0.4) is 0 Å². The summed E-state index contributed by atoms with van der Waals surface area (Å²) >= 11 is 12.1. The van der Waals surface area contributed by atoms with E-state index in [1.54, 1.807) is 35.3 Å². The van der Waals surface area contributed by atoms with Crippen molar-refractivity contribution in [1.82, 2.24) is 9.97 Å². The second-order valence-electron chi connectivity index (χ2n) is 5.09. The standard InChI is InChI=1S/C16H9Cl2N3O5/c17-8-1-4-11(18)10(7-8)13-6-3-9(26-13)2-5-12-14(21(24)25)15(22)20-16(23)19-12/h1-7H,(H2,19,20,22,23)/b5-2+. The molecule has 3 aromatic rings. The maximum absolute atomic E-state index is 11.6. The lowest BCUT2D eigenvalue weighted by Gasteiger charge is -2.01. The van der Waals surface area contributed by atoms with Crippen LogP contribution in [0.25, 0.3) is 23.5 Å². The van der Waals surface area contributed by atoms with Crippen LogP contribution in [0.5, 0.6) is 0 Å². The largest absolute Gasteiger partial charge is 0.457 e. The number of furan rings is 1. The number of hydrogen-bond donors (Lipinski definition) is 2. The highest BCUT2D eigenvalue weighted by Crippen LogP contribution is 2.32. The number of nitrogens with one attached hydrogen (secondary N) is 2. The summed E-state index contributed by atoms with van der Waals surface area (Å²) in [5, 5.41) is 11.9. The van der Waals surface area contributed by atoms with Crippen LogP contribution < -0.4 is 11.2 Å². The Balaban J connectivity index is 1.98. The highest BCUT2D eigenvalue weighted by molar-refractivity contribution is 6.35. The van der Waals surface area contributed by atoms with Crippen molar-refractivity contribution >= 4 is 41.0 Å². The lowest BCUT2D eigenvalue weighted by Crippen LogP contribution is -2.25. The van der Waals surface area contributed by atoms with E-state index < -0.39 is 21.9 Å². The Labute approximate surface area is 154 Å². The van der Waals surface area contributed by atoms with Crippen LogP contribution in [-0.2, 0) is 0 Å². The second kappa shape index (κ2) is 7.03. The summed E-state index contributed by atoms with van der Waals surface area (Å²) in [5.74, 6) is 0.762. The van der Waals surface area contributed by atoms with Gasteiger partial charge in [0.1, 0.15) is 17.2 Å². The van der Waals surface area contributed by atoms with Crippen LogP contribution in [0.2, 0.25) is 10.0 Å². The van der Waals surface area contributed by atoms with Gasteiger partial charge in [-0.25, -0.2) is 4.79 Å². The smallest absolute Gasteiger partial charge is 0.357 e. The van der Waals surface area contributed by atoms with E-state index in [2.05, 4.69) is 4.98 Å². The van der Waals surface area contributed by atoms with Crippen molar-refractivity contribution in [2.75, 3.05) is 0 Å². The Bertz CT molecular complexity index is 1140. The van der Waals surface area contributed by atoms with Crippen LogP contribution in [0.4, 0.5) is 5.69 Å². The summed E-state index contributed by atoms with van der Waals surface area (Å²) < 4.78 is 5.61. The molecule has 0 fully saturated rings. The van der Waals surface area contributed by atoms with Crippen molar-refractivity contribution in [3.05, 3.63) is 82.8 Å². The molecule has 132 valence electrons. The van der Waals surface area contributed by atoms with Gasteiger partial charge in [0.2, 0.25) is 0 Å². The molecule has 1 aromatic carbocycles. The number of rotatable bonds is 4. The summed E-state index contributed by atoms with van der Waals surface area (Å²) in [6.45, 7) is 0. The molecule has 3 rings (SSSR count). The summed E-state index contributed by atoms with van der Waals surface area (Å²) in [6.07, 6.45) is 2.58. The number of nitrogens with zero attached hydrogens (tertiary/aromatic N) is 1. The molecule has 0 bridgehead atoms. The number of aromatic amines is 2. The van der Waals surface area contributed by atoms with Gasteiger partial charge in [-0.15, -0.1) is 0 Å². The topological polar surface area (TPSA) is 122 Å². The molecule has 0 saturated carbocycles. The van der Waals surface area contributed by atoms with E-state index in [1.165, 1.54) is 12.2 Å². The molecule has 0 unspecified atom stereocenters. The molecule has 2 N–H and O–H groups in total. The van der Waals surface area contributed by atoms with Gasteiger partial charge in [0, 0.05) is 10.6 Å². The number of hydrogen-bond acceptors (Lipinski definition) is 5. The second-order valence-corrected chi connectivity index (χ2v) is 5.93. The van der Waals surface area contributed by atoms with E-state index in [9.17, 15) is 19.7 Å². The van der Waals surface area contributed by atoms with E-state index in [4.69, 9.17) is 27.6 Å². The first-order valence-corrected chi connectivity index (χ1v) is 7.85. The van der Waals surface area contributed by atoms with Gasteiger partial charge in [-0.2, -0.15) is 0 Å². The molecule has 0 radical (unpaired) electrons. The number of aromatic nitrogens is 2. The van der Waals surface area contributed by atoms with Crippen LogP contribution >= 0.6 is 23.2 Å². The zero-order valence-electron chi connectivity index (χ0n) is 12.8. The highest BCUT2D eigenvalue weighted by Gasteiger charge is 2.19. The lowest BCUT2D eigenvalue weighted by molar-refractivity contribution is -0.386. The van der Waals surface area contributed by atoms with Gasteiger partial charge in [0.05, 0.1) is 9.95 Å². The maximum atomic E-state index is 11.6. The third kappa shape index (κ3) is 3.61. The van der Waals surface area contributed by atoms with E-state index in [1.807, 2.05) is 0 Å². The van der Waals surface area contributed by atoms with Crippen molar-refractivity contribution in [1.29, 1.82) is 0 Å². The molecular formula is C16H9Cl2N3O5. The van der Waals surface area contributed by atoms with Crippen LogP contribution in [-0.4, -0.2) is 14.9 Å². The van der Waals surface area contributed by atoms with Crippen LogP contribution in [0.15, 0.2) is 44.3 Å². The summed E-state index contributed by atoms with van der Waals surface area (Å²) in [5.41, 5.74) is -2.39. The van der Waals surface area contributed by atoms with Gasteiger partial charge in [-0.05, 0) is 42.5 Å². The van der Waals surface area contributed by atoms with Gasteiger partial charge < -0.3 is 9.40 Å². The van der Waals surface area contributed by atoms with Gasteiger partial charge in [0.25, 0.3) is 0 Å². The molecule has 0 amide bonds. The predicted octanol–water partition coefficient (Wildman–Crippen LogP) is 3.71. The van der Waals surface area contributed by atoms with Gasteiger partial charge in [-0.3, -0.25) is 19.9 Å². The average molecular weight is 394 g/mol. The molecule has 0 aliphatic heterocycles. The fourth-order valence-corrected chi connectivity index (χ4v) is 2.62. The molecule has 0 saturated heterocycles. The fraction of sp³-hybridized carbons (Fsp3) is 0. The minimum atomic E-state index is -1.09. The van der Waals surface area contributed by atoms with E-state index in [0.717, 1.165) is 0 Å². The number of halogens is 2. The predicted molar refractivity (Wildman–Crippen MR) is 97.4 cm³/mol.